The average molecular weight is 334 g/mol. The van der Waals surface area contributed by atoms with Crippen molar-refractivity contribution < 1.29 is 4.79 Å². The number of piperidine rings is 1. The van der Waals surface area contributed by atoms with Gasteiger partial charge < -0.3 is 14.4 Å². The number of nitrogens with zero attached hydrogens (tertiary/aromatic N) is 6. The first-order valence-electron chi connectivity index (χ1n) is 7.81. The van der Waals surface area contributed by atoms with Gasteiger partial charge in [0.25, 0.3) is 5.91 Å². The number of carbonyl (C=O) groups excluding carboxylic acids is 1. The zero-order chi connectivity index (χ0) is 16.4. The average Bonchev–Trinajstić information content (AvgIpc) is 3.16. The number of carbonyl (C=O) groups is 1. The molecule has 0 saturated carbocycles. The Morgan fingerprint density at radius 2 is 2.17 bits per heavy atom. The van der Waals surface area contributed by atoms with Crippen LogP contribution in [0.4, 0.5) is 5.13 Å². The highest BCUT2D eigenvalue weighted by atomic mass is 32.1. The van der Waals surface area contributed by atoms with E-state index in [-0.39, 0.29) is 5.91 Å². The van der Waals surface area contributed by atoms with Crippen molar-refractivity contribution in [1.82, 2.24) is 23.8 Å². The van der Waals surface area contributed by atoms with E-state index in [4.69, 9.17) is 0 Å². The summed E-state index contributed by atoms with van der Waals surface area (Å²) in [7, 11) is 3.73. The van der Waals surface area contributed by atoms with E-state index in [1.807, 2.05) is 21.0 Å². The number of hydrogen-bond donors (Lipinski definition) is 0. The van der Waals surface area contributed by atoms with Crippen molar-refractivity contribution in [2.45, 2.75) is 19.8 Å². The van der Waals surface area contributed by atoms with Gasteiger partial charge in [-0.1, -0.05) is 0 Å². The molecule has 1 saturated heterocycles. The van der Waals surface area contributed by atoms with Gasteiger partial charge >= 0.3 is 0 Å². The molecule has 1 fully saturated rings. The normalized spacial score (nSPS) is 15.9. The lowest BCUT2D eigenvalue weighted by molar-refractivity contribution is 0.0759. The molecular weight excluding hydrogens is 312 g/mol. The number of aryl methyl sites for hydroxylation is 2. The fourth-order valence-corrected chi connectivity index (χ4v) is 3.64. The first kappa shape index (κ1) is 15.9. The molecule has 0 atom stereocenters. The maximum absolute atomic E-state index is 12.3. The van der Waals surface area contributed by atoms with Crippen molar-refractivity contribution in [3.8, 4) is 0 Å². The monoisotopic (exact) mass is 334 g/mol. The third-order valence-corrected chi connectivity index (χ3v) is 5.07. The van der Waals surface area contributed by atoms with E-state index in [2.05, 4.69) is 19.2 Å². The van der Waals surface area contributed by atoms with Gasteiger partial charge in [-0.3, -0.25) is 4.79 Å². The maximum atomic E-state index is 12.3. The predicted octanol–water partition coefficient (Wildman–Crippen LogP) is 1.57. The van der Waals surface area contributed by atoms with Gasteiger partial charge in [0.05, 0.1) is 6.33 Å². The first-order valence-corrected chi connectivity index (χ1v) is 8.59. The van der Waals surface area contributed by atoms with Crippen molar-refractivity contribution in [3.05, 3.63) is 24.0 Å². The molecule has 1 amide bonds. The molecule has 124 valence electrons. The van der Waals surface area contributed by atoms with Gasteiger partial charge in [-0.05, 0) is 25.7 Å². The largest absolute Gasteiger partial charge is 0.347 e. The molecule has 0 bridgehead atoms. The van der Waals surface area contributed by atoms with Crippen LogP contribution in [0.1, 0.15) is 29.2 Å². The summed E-state index contributed by atoms with van der Waals surface area (Å²) in [4.78, 5) is 25.0. The molecule has 1 aliphatic heterocycles. The third kappa shape index (κ3) is 3.69. The number of anilines is 1. The van der Waals surface area contributed by atoms with Crippen molar-refractivity contribution in [1.29, 1.82) is 0 Å². The Kier molecular flexibility index (Phi) is 4.61. The highest BCUT2D eigenvalue weighted by molar-refractivity contribution is 7.09. The quantitative estimate of drug-likeness (QED) is 0.849. The molecule has 2 aromatic heterocycles. The van der Waals surface area contributed by atoms with Crippen LogP contribution >= 0.6 is 11.5 Å². The Morgan fingerprint density at radius 1 is 1.43 bits per heavy atom. The van der Waals surface area contributed by atoms with Crippen LogP contribution in [0.3, 0.4) is 0 Å². The maximum Gasteiger partial charge on any atom is 0.273 e. The summed E-state index contributed by atoms with van der Waals surface area (Å²) >= 11 is 1.47. The summed E-state index contributed by atoms with van der Waals surface area (Å²) in [5, 5.41) is 1.01. The summed E-state index contributed by atoms with van der Waals surface area (Å²) in [6.45, 7) is 4.65. The van der Waals surface area contributed by atoms with Crippen molar-refractivity contribution in [2.24, 2.45) is 13.0 Å². The van der Waals surface area contributed by atoms with Crippen LogP contribution < -0.4 is 4.90 Å². The van der Waals surface area contributed by atoms with E-state index >= 15 is 0 Å². The highest BCUT2D eigenvalue weighted by Crippen LogP contribution is 2.25. The molecule has 1 aliphatic rings. The molecule has 0 radical (unpaired) electrons. The van der Waals surface area contributed by atoms with Gasteiger partial charge in [0.15, 0.2) is 0 Å². The minimum Gasteiger partial charge on any atom is -0.347 e. The first-order chi connectivity index (χ1) is 11.0. The molecule has 0 aliphatic carbocycles. The summed E-state index contributed by atoms with van der Waals surface area (Å²) in [6, 6.07) is 0. The number of amides is 1. The Labute approximate surface area is 140 Å². The molecule has 0 aromatic carbocycles. The van der Waals surface area contributed by atoms with E-state index in [9.17, 15) is 4.79 Å². The van der Waals surface area contributed by atoms with Gasteiger partial charge in [-0.25, -0.2) is 9.97 Å². The van der Waals surface area contributed by atoms with Crippen LogP contribution in [0, 0.1) is 12.8 Å². The zero-order valence-electron chi connectivity index (χ0n) is 13.8. The molecule has 0 spiro atoms. The molecule has 23 heavy (non-hydrogen) atoms. The van der Waals surface area contributed by atoms with Gasteiger partial charge in [0.1, 0.15) is 11.5 Å². The molecule has 3 heterocycles. The fourth-order valence-electron chi connectivity index (χ4n) is 2.91. The summed E-state index contributed by atoms with van der Waals surface area (Å²) < 4.78 is 6.04. The lowest BCUT2D eigenvalue weighted by Crippen LogP contribution is -2.39. The predicted molar refractivity (Wildman–Crippen MR) is 89.8 cm³/mol. The van der Waals surface area contributed by atoms with E-state index in [1.54, 1.807) is 22.0 Å². The Morgan fingerprint density at radius 3 is 2.74 bits per heavy atom. The van der Waals surface area contributed by atoms with Gasteiger partial charge in [-0.15, -0.1) is 0 Å². The standard InChI is InChI=1S/C15H22N6OS/c1-11-17-15(23-18-11)21-6-4-12(5-7-21)8-20(3)14(22)13-9-19(2)10-16-13/h9-10,12H,4-8H2,1-3H3. The van der Waals surface area contributed by atoms with Crippen LogP contribution in [0.15, 0.2) is 12.5 Å². The summed E-state index contributed by atoms with van der Waals surface area (Å²) in [5.74, 6) is 1.36. The lowest BCUT2D eigenvalue weighted by Gasteiger charge is -2.33. The topological polar surface area (TPSA) is 67.2 Å². The number of hydrogen-bond acceptors (Lipinski definition) is 6. The van der Waals surface area contributed by atoms with E-state index < -0.39 is 0 Å². The number of rotatable bonds is 4. The van der Waals surface area contributed by atoms with Crippen molar-refractivity contribution >= 4 is 22.6 Å². The second-order valence-electron chi connectivity index (χ2n) is 6.16. The van der Waals surface area contributed by atoms with E-state index in [0.717, 1.165) is 43.4 Å². The van der Waals surface area contributed by atoms with Crippen LogP contribution in [0.25, 0.3) is 0 Å². The molecule has 0 unspecified atom stereocenters. The second kappa shape index (κ2) is 6.66. The zero-order valence-corrected chi connectivity index (χ0v) is 14.6. The number of aromatic nitrogens is 4. The molecule has 0 N–H and O–H groups in total. The fraction of sp³-hybridized carbons (Fsp3) is 0.600. The lowest BCUT2D eigenvalue weighted by atomic mass is 9.96. The Bertz CT molecular complexity index is 673. The Balaban J connectivity index is 1.51. The smallest absolute Gasteiger partial charge is 0.273 e. The van der Waals surface area contributed by atoms with Crippen LogP contribution in [-0.4, -0.2) is 56.4 Å². The minimum atomic E-state index is -0.00669. The highest BCUT2D eigenvalue weighted by Gasteiger charge is 2.24. The summed E-state index contributed by atoms with van der Waals surface area (Å²) in [5.41, 5.74) is 0.511. The third-order valence-electron chi connectivity index (χ3n) is 4.20. The van der Waals surface area contributed by atoms with Gasteiger partial charge in [0, 0.05) is 51.5 Å². The van der Waals surface area contributed by atoms with Crippen molar-refractivity contribution in [2.75, 3.05) is 31.6 Å². The molecular formula is C15H22N6OS. The van der Waals surface area contributed by atoms with E-state index in [1.165, 1.54) is 11.5 Å². The SMILES string of the molecule is Cc1nsc(N2CCC(CN(C)C(=O)c3cn(C)cn3)CC2)n1. The summed E-state index contributed by atoms with van der Waals surface area (Å²) in [6.07, 6.45) is 5.56. The molecule has 2 aromatic rings. The second-order valence-corrected chi connectivity index (χ2v) is 6.89. The van der Waals surface area contributed by atoms with Crippen molar-refractivity contribution in [3.63, 3.8) is 0 Å². The molecule has 7 nitrogen and oxygen atoms in total. The van der Waals surface area contributed by atoms with Crippen LogP contribution in [0.5, 0.6) is 0 Å². The van der Waals surface area contributed by atoms with Gasteiger partial charge in [-0.2, -0.15) is 4.37 Å². The Hall–Kier alpha value is -1.96. The molecule has 3 rings (SSSR count). The van der Waals surface area contributed by atoms with Gasteiger partial charge in [0.2, 0.25) is 5.13 Å². The minimum absolute atomic E-state index is 0.00669. The van der Waals surface area contributed by atoms with Crippen LogP contribution in [-0.2, 0) is 7.05 Å². The molecule has 8 heteroatoms. The van der Waals surface area contributed by atoms with E-state index in [0.29, 0.717) is 11.6 Å². The number of imidazole rings is 1. The van der Waals surface area contributed by atoms with Crippen LogP contribution in [0.2, 0.25) is 0 Å².